The number of rotatable bonds is 6. The van der Waals surface area contributed by atoms with Crippen LogP contribution in [0.15, 0.2) is 60.0 Å². The summed E-state index contributed by atoms with van der Waals surface area (Å²) in [6.07, 6.45) is 1.25. The molecule has 0 atom stereocenters. The SMILES string of the molecule is C=CCc1ccc(OC(=O)NS(=O)(=O)c2ccc(C)cc2)c(OC)c1. The highest BCUT2D eigenvalue weighted by Gasteiger charge is 2.20. The summed E-state index contributed by atoms with van der Waals surface area (Å²) in [5, 5.41) is 0. The van der Waals surface area contributed by atoms with Crippen LogP contribution in [0.5, 0.6) is 11.5 Å². The van der Waals surface area contributed by atoms with Crippen molar-refractivity contribution in [3.8, 4) is 11.5 Å². The predicted octanol–water partition coefficient (Wildman–Crippen LogP) is 3.21. The highest BCUT2D eigenvalue weighted by molar-refractivity contribution is 7.90. The second-order valence-electron chi connectivity index (χ2n) is 5.29. The zero-order valence-electron chi connectivity index (χ0n) is 14.0. The normalized spacial score (nSPS) is 10.8. The smallest absolute Gasteiger partial charge is 0.426 e. The van der Waals surface area contributed by atoms with Gasteiger partial charge in [0.1, 0.15) is 0 Å². The second-order valence-corrected chi connectivity index (χ2v) is 6.97. The van der Waals surface area contributed by atoms with Gasteiger partial charge in [0.05, 0.1) is 12.0 Å². The number of hydrogen-bond acceptors (Lipinski definition) is 5. The van der Waals surface area contributed by atoms with Crippen LogP contribution in [0.2, 0.25) is 0 Å². The Morgan fingerprint density at radius 2 is 1.84 bits per heavy atom. The van der Waals surface area contributed by atoms with Crippen LogP contribution in [-0.2, 0) is 16.4 Å². The zero-order valence-corrected chi connectivity index (χ0v) is 14.8. The van der Waals surface area contributed by atoms with Crippen LogP contribution < -0.4 is 14.2 Å². The number of carbonyl (C=O) groups is 1. The lowest BCUT2D eigenvalue weighted by atomic mass is 10.1. The molecule has 0 unspecified atom stereocenters. The Hall–Kier alpha value is -2.80. The molecule has 0 bridgehead atoms. The molecule has 2 aromatic carbocycles. The molecule has 0 radical (unpaired) electrons. The van der Waals surface area contributed by atoms with Gasteiger partial charge in [-0.05, 0) is 43.2 Å². The minimum Gasteiger partial charge on any atom is -0.493 e. The predicted molar refractivity (Wildman–Crippen MR) is 94.4 cm³/mol. The maximum atomic E-state index is 12.2. The molecule has 0 heterocycles. The van der Waals surface area contributed by atoms with Gasteiger partial charge < -0.3 is 9.47 Å². The van der Waals surface area contributed by atoms with Crippen molar-refractivity contribution in [1.82, 2.24) is 4.72 Å². The largest absolute Gasteiger partial charge is 0.493 e. The molecular weight excluding hydrogens is 342 g/mol. The van der Waals surface area contributed by atoms with E-state index >= 15 is 0 Å². The van der Waals surface area contributed by atoms with Crippen molar-refractivity contribution in [3.63, 3.8) is 0 Å². The Morgan fingerprint density at radius 1 is 1.16 bits per heavy atom. The van der Waals surface area contributed by atoms with Crippen LogP contribution >= 0.6 is 0 Å². The summed E-state index contributed by atoms with van der Waals surface area (Å²) in [6.45, 7) is 5.49. The monoisotopic (exact) mass is 361 g/mol. The molecule has 0 aromatic heterocycles. The number of methoxy groups -OCH3 is 1. The average molecular weight is 361 g/mol. The number of ether oxygens (including phenoxy) is 2. The molecule has 1 N–H and O–H groups in total. The lowest BCUT2D eigenvalue weighted by Crippen LogP contribution is -2.33. The molecule has 0 aliphatic rings. The Labute approximate surface area is 147 Å². The minimum atomic E-state index is -4.01. The van der Waals surface area contributed by atoms with E-state index in [0.29, 0.717) is 12.2 Å². The van der Waals surface area contributed by atoms with Crippen molar-refractivity contribution in [2.24, 2.45) is 0 Å². The van der Waals surface area contributed by atoms with E-state index in [1.165, 1.54) is 25.3 Å². The maximum Gasteiger partial charge on any atom is 0.426 e. The van der Waals surface area contributed by atoms with E-state index in [1.54, 1.807) is 30.3 Å². The van der Waals surface area contributed by atoms with Crippen LogP contribution in [0.3, 0.4) is 0 Å². The molecule has 2 aromatic rings. The number of amides is 1. The van der Waals surface area contributed by atoms with Crippen molar-refractivity contribution in [1.29, 1.82) is 0 Å². The first-order chi connectivity index (χ1) is 11.9. The molecule has 0 fully saturated rings. The van der Waals surface area contributed by atoms with Gasteiger partial charge in [0.15, 0.2) is 11.5 Å². The first kappa shape index (κ1) is 18.5. The molecule has 6 nitrogen and oxygen atoms in total. The van der Waals surface area contributed by atoms with Crippen molar-refractivity contribution in [3.05, 3.63) is 66.2 Å². The molecule has 0 saturated carbocycles. The van der Waals surface area contributed by atoms with Crippen molar-refractivity contribution >= 4 is 16.1 Å². The Kier molecular flexibility index (Phi) is 5.82. The van der Waals surface area contributed by atoms with Crippen LogP contribution in [0.1, 0.15) is 11.1 Å². The fourth-order valence-electron chi connectivity index (χ4n) is 2.10. The number of aryl methyl sites for hydroxylation is 1. The summed E-state index contributed by atoms with van der Waals surface area (Å²) in [4.78, 5) is 11.9. The van der Waals surface area contributed by atoms with Gasteiger partial charge >= 0.3 is 6.09 Å². The summed E-state index contributed by atoms with van der Waals surface area (Å²) in [5.41, 5.74) is 1.83. The number of allylic oxidation sites excluding steroid dienone is 1. The highest BCUT2D eigenvalue weighted by atomic mass is 32.2. The molecule has 0 aliphatic carbocycles. The number of nitrogens with one attached hydrogen (secondary N) is 1. The van der Waals surface area contributed by atoms with E-state index in [0.717, 1.165) is 11.1 Å². The molecule has 0 aliphatic heterocycles. The van der Waals surface area contributed by atoms with Gasteiger partial charge in [0.2, 0.25) is 0 Å². The Balaban J connectivity index is 2.14. The third-order valence-corrected chi connectivity index (χ3v) is 4.69. The van der Waals surface area contributed by atoms with E-state index < -0.39 is 16.1 Å². The van der Waals surface area contributed by atoms with Crippen LogP contribution in [0, 0.1) is 6.92 Å². The summed E-state index contributed by atoms with van der Waals surface area (Å²) >= 11 is 0. The first-order valence-corrected chi connectivity index (χ1v) is 8.93. The molecule has 0 spiro atoms. The molecule has 25 heavy (non-hydrogen) atoms. The average Bonchev–Trinajstić information content (AvgIpc) is 2.56. The van der Waals surface area contributed by atoms with Crippen LogP contribution in [-0.4, -0.2) is 21.6 Å². The quantitative estimate of drug-likeness (QED) is 0.799. The minimum absolute atomic E-state index is 0.0247. The third-order valence-electron chi connectivity index (χ3n) is 3.36. The second kappa shape index (κ2) is 7.85. The number of carbonyl (C=O) groups excluding carboxylic acids is 1. The lowest BCUT2D eigenvalue weighted by Gasteiger charge is -2.11. The molecule has 7 heteroatoms. The summed E-state index contributed by atoms with van der Waals surface area (Å²) in [6, 6.07) is 11.1. The Bertz CT molecular complexity index is 873. The van der Waals surface area contributed by atoms with E-state index in [9.17, 15) is 13.2 Å². The van der Waals surface area contributed by atoms with Crippen molar-refractivity contribution in [2.75, 3.05) is 7.11 Å². The summed E-state index contributed by atoms with van der Waals surface area (Å²) < 4.78 is 36.5. The van der Waals surface area contributed by atoms with Gasteiger partial charge in [0.25, 0.3) is 10.0 Å². The Morgan fingerprint density at radius 3 is 2.44 bits per heavy atom. The van der Waals surface area contributed by atoms with Crippen LogP contribution in [0.4, 0.5) is 4.79 Å². The van der Waals surface area contributed by atoms with Crippen molar-refractivity contribution in [2.45, 2.75) is 18.2 Å². The summed E-state index contributed by atoms with van der Waals surface area (Å²) in [7, 11) is -2.58. The zero-order chi connectivity index (χ0) is 18.4. The van der Waals surface area contributed by atoms with Gasteiger partial charge in [-0.3, -0.25) is 0 Å². The first-order valence-electron chi connectivity index (χ1n) is 7.45. The third kappa shape index (κ3) is 4.84. The van der Waals surface area contributed by atoms with Crippen LogP contribution in [0.25, 0.3) is 0 Å². The van der Waals surface area contributed by atoms with Gasteiger partial charge in [-0.2, -0.15) is 0 Å². The van der Waals surface area contributed by atoms with Gasteiger partial charge in [-0.25, -0.2) is 17.9 Å². The van der Waals surface area contributed by atoms with E-state index in [1.807, 2.05) is 11.6 Å². The van der Waals surface area contributed by atoms with E-state index in [-0.39, 0.29) is 10.6 Å². The number of sulfonamides is 1. The van der Waals surface area contributed by atoms with E-state index in [2.05, 4.69) is 6.58 Å². The standard InChI is InChI=1S/C18H19NO5S/c1-4-5-14-8-11-16(17(12-14)23-3)24-18(20)19-25(21,22)15-9-6-13(2)7-10-15/h4,6-12H,1,5H2,2-3H3,(H,19,20). The molecule has 132 valence electrons. The van der Waals surface area contributed by atoms with Gasteiger partial charge in [0, 0.05) is 0 Å². The topological polar surface area (TPSA) is 81.7 Å². The lowest BCUT2D eigenvalue weighted by molar-refractivity contribution is 0.204. The maximum absolute atomic E-state index is 12.2. The fraction of sp³-hybridized carbons (Fsp3) is 0.167. The molecular formula is C18H19NO5S. The molecule has 2 rings (SSSR count). The number of hydrogen-bond donors (Lipinski definition) is 1. The van der Waals surface area contributed by atoms with Gasteiger partial charge in [-0.15, -0.1) is 6.58 Å². The highest BCUT2D eigenvalue weighted by Crippen LogP contribution is 2.28. The number of benzene rings is 2. The summed E-state index contributed by atoms with van der Waals surface area (Å²) in [5.74, 6) is 0.439. The van der Waals surface area contributed by atoms with Gasteiger partial charge in [-0.1, -0.05) is 29.8 Å². The molecule has 1 amide bonds. The van der Waals surface area contributed by atoms with E-state index in [4.69, 9.17) is 9.47 Å². The van der Waals surface area contributed by atoms with Crippen molar-refractivity contribution < 1.29 is 22.7 Å². The molecule has 0 saturated heterocycles. The fourth-order valence-corrected chi connectivity index (χ4v) is 2.97.